The molecule has 1 aliphatic rings. The molecule has 1 unspecified atom stereocenters. The maximum atomic E-state index is 5.85. The molecule has 3 nitrogen and oxygen atoms in total. The van der Waals surface area contributed by atoms with Crippen LogP contribution in [0.5, 0.6) is 0 Å². The fourth-order valence-corrected chi connectivity index (χ4v) is 2.44. The highest BCUT2D eigenvalue weighted by Crippen LogP contribution is 2.14. The summed E-state index contributed by atoms with van der Waals surface area (Å²) in [6.07, 6.45) is 5.80. The highest BCUT2D eigenvalue weighted by Gasteiger charge is 2.16. The smallest absolute Gasteiger partial charge is 0.131 e. The molecular weight excluding hydrogens is 234 g/mol. The molecule has 0 bridgehead atoms. The number of pyridine rings is 1. The predicted molar refractivity (Wildman–Crippen MR) is 72.6 cm³/mol. The molecule has 17 heavy (non-hydrogen) atoms. The van der Waals surface area contributed by atoms with Gasteiger partial charge in [0.25, 0.3) is 0 Å². The molecule has 0 aromatic carbocycles. The Labute approximate surface area is 108 Å². The van der Waals surface area contributed by atoms with Gasteiger partial charge < -0.3 is 5.32 Å². The van der Waals surface area contributed by atoms with Crippen LogP contribution in [0.25, 0.3) is 0 Å². The molecule has 1 aromatic rings. The van der Waals surface area contributed by atoms with Gasteiger partial charge in [0.1, 0.15) is 5.15 Å². The maximum Gasteiger partial charge on any atom is 0.131 e. The highest BCUT2D eigenvalue weighted by atomic mass is 35.5. The Balaban J connectivity index is 1.80. The zero-order valence-electron chi connectivity index (χ0n) is 10.3. The van der Waals surface area contributed by atoms with E-state index in [1.165, 1.54) is 32.4 Å². The average molecular weight is 254 g/mol. The number of piperidine rings is 1. The number of likely N-dealkylation sites (tertiary alicyclic amines) is 1. The lowest BCUT2D eigenvalue weighted by molar-refractivity contribution is 0.180. The quantitative estimate of drug-likeness (QED) is 0.836. The van der Waals surface area contributed by atoms with Crippen LogP contribution in [-0.2, 0) is 0 Å². The van der Waals surface area contributed by atoms with Crippen molar-refractivity contribution < 1.29 is 0 Å². The van der Waals surface area contributed by atoms with Crippen molar-refractivity contribution in [3.63, 3.8) is 0 Å². The molecule has 0 amide bonds. The molecule has 0 radical (unpaired) electrons. The molecule has 94 valence electrons. The van der Waals surface area contributed by atoms with Gasteiger partial charge in [-0.15, -0.1) is 0 Å². The third kappa shape index (κ3) is 3.86. The lowest BCUT2D eigenvalue weighted by atomic mass is 10.1. The Morgan fingerprint density at radius 3 is 2.88 bits per heavy atom. The predicted octanol–water partition coefficient (Wildman–Crippen LogP) is 3.02. The van der Waals surface area contributed by atoms with Crippen LogP contribution in [-0.4, -0.2) is 35.6 Å². The van der Waals surface area contributed by atoms with Crippen LogP contribution >= 0.6 is 11.6 Å². The van der Waals surface area contributed by atoms with Crippen molar-refractivity contribution in [2.75, 3.05) is 25.0 Å². The summed E-state index contributed by atoms with van der Waals surface area (Å²) in [5.74, 6) is 0. The molecule has 1 aliphatic heterocycles. The Morgan fingerprint density at radius 2 is 2.18 bits per heavy atom. The van der Waals surface area contributed by atoms with Crippen molar-refractivity contribution in [2.45, 2.75) is 32.2 Å². The largest absolute Gasteiger partial charge is 0.383 e. The molecule has 1 saturated heterocycles. The second kappa shape index (κ2) is 6.22. The summed E-state index contributed by atoms with van der Waals surface area (Å²) in [7, 11) is 0. The topological polar surface area (TPSA) is 28.2 Å². The van der Waals surface area contributed by atoms with E-state index in [0.29, 0.717) is 11.2 Å². The molecule has 1 aromatic heterocycles. The van der Waals surface area contributed by atoms with E-state index in [-0.39, 0.29) is 0 Å². The minimum Gasteiger partial charge on any atom is -0.383 e. The third-order valence-electron chi connectivity index (χ3n) is 3.34. The van der Waals surface area contributed by atoms with Crippen molar-refractivity contribution in [1.29, 1.82) is 0 Å². The van der Waals surface area contributed by atoms with Crippen LogP contribution in [0.3, 0.4) is 0 Å². The summed E-state index contributed by atoms with van der Waals surface area (Å²) in [5, 5.41) is 3.96. The second-order valence-electron chi connectivity index (χ2n) is 4.69. The van der Waals surface area contributed by atoms with Gasteiger partial charge in [0, 0.05) is 24.5 Å². The van der Waals surface area contributed by atoms with Crippen molar-refractivity contribution in [2.24, 2.45) is 0 Å². The van der Waals surface area contributed by atoms with Crippen molar-refractivity contribution in [3.8, 4) is 0 Å². The van der Waals surface area contributed by atoms with E-state index in [1.54, 1.807) is 6.20 Å². The number of hydrogen-bond donors (Lipinski definition) is 1. The number of nitrogens with one attached hydrogen (secondary N) is 1. The van der Waals surface area contributed by atoms with E-state index in [9.17, 15) is 0 Å². The zero-order chi connectivity index (χ0) is 12.1. The lowest BCUT2D eigenvalue weighted by Crippen LogP contribution is -2.41. The number of aromatic nitrogens is 1. The van der Waals surface area contributed by atoms with E-state index in [1.807, 2.05) is 12.1 Å². The van der Waals surface area contributed by atoms with Crippen LogP contribution < -0.4 is 5.32 Å². The first kappa shape index (κ1) is 12.7. The second-order valence-corrected chi connectivity index (χ2v) is 5.08. The molecule has 0 aliphatic carbocycles. The highest BCUT2D eigenvalue weighted by molar-refractivity contribution is 6.29. The number of anilines is 1. The minimum absolute atomic E-state index is 0.542. The normalized spacial score (nSPS) is 18.9. The van der Waals surface area contributed by atoms with E-state index in [0.717, 1.165) is 12.2 Å². The summed E-state index contributed by atoms with van der Waals surface area (Å²) >= 11 is 5.85. The molecule has 0 spiro atoms. The zero-order valence-corrected chi connectivity index (χ0v) is 11.1. The Bertz CT molecular complexity index is 350. The third-order valence-corrected chi connectivity index (χ3v) is 3.55. The molecule has 4 heteroatoms. The van der Waals surface area contributed by atoms with Gasteiger partial charge in [0.15, 0.2) is 0 Å². The first-order valence-corrected chi connectivity index (χ1v) is 6.73. The molecule has 2 heterocycles. The number of halogens is 1. The summed E-state index contributed by atoms with van der Waals surface area (Å²) in [6, 6.07) is 4.39. The molecular formula is C13H20ClN3. The Hall–Kier alpha value is -0.800. The average Bonchev–Trinajstić information content (AvgIpc) is 2.37. The number of hydrogen-bond acceptors (Lipinski definition) is 3. The fourth-order valence-electron chi connectivity index (χ4n) is 2.27. The van der Waals surface area contributed by atoms with Gasteiger partial charge >= 0.3 is 0 Å². The fraction of sp³-hybridized carbons (Fsp3) is 0.615. The summed E-state index contributed by atoms with van der Waals surface area (Å²) in [5.41, 5.74) is 1.05. The number of rotatable bonds is 4. The SMILES string of the molecule is CC(CNc1ccnc(Cl)c1)N1CCCCC1. The van der Waals surface area contributed by atoms with E-state index >= 15 is 0 Å². The van der Waals surface area contributed by atoms with Crippen LogP contribution in [0.1, 0.15) is 26.2 Å². The van der Waals surface area contributed by atoms with Gasteiger partial charge in [0.2, 0.25) is 0 Å². The van der Waals surface area contributed by atoms with Gasteiger partial charge in [-0.25, -0.2) is 4.98 Å². The van der Waals surface area contributed by atoms with Gasteiger partial charge in [-0.1, -0.05) is 18.0 Å². The standard InChI is InChI=1S/C13H20ClN3/c1-11(17-7-3-2-4-8-17)10-16-12-5-6-15-13(14)9-12/h5-6,9,11H,2-4,7-8,10H2,1H3,(H,15,16). The number of nitrogens with zero attached hydrogens (tertiary/aromatic N) is 2. The van der Waals surface area contributed by atoms with Crippen molar-refractivity contribution in [1.82, 2.24) is 9.88 Å². The van der Waals surface area contributed by atoms with Crippen molar-refractivity contribution >= 4 is 17.3 Å². The maximum absolute atomic E-state index is 5.85. The van der Waals surface area contributed by atoms with Crippen molar-refractivity contribution in [3.05, 3.63) is 23.5 Å². The Morgan fingerprint density at radius 1 is 1.41 bits per heavy atom. The molecule has 1 N–H and O–H groups in total. The lowest BCUT2D eigenvalue weighted by Gasteiger charge is -2.32. The minimum atomic E-state index is 0.542. The summed E-state index contributed by atoms with van der Waals surface area (Å²) in [4.78, 5) is 6.53. The Kier molecular flexibility index (Phi) is 4.63. The first-order valence-electron chi connectivity index (χ1n) is 6.35. The van der Waals surface area contributed by atoms with E-state index < -0.39 is 0 Å². The monoisotopic (exact) mass is 253 g/mol. The molecule has 1 atom stereocenters. The molecule has 1 fully saturated rings. The first-order chi connectivity index (χ1) is 8.25. The molecule has 2 rings (SSSR count). The van der Waals surface area contributed by atoms with Gasteiger partial charge in [0.05, 0.1) is 0 Å². The van der Waals surface area contributed by atoms with Crippen LogP contribution in [0, 0.1) is 0 Å². The van der Waals surface area contributed by atoms with Crippen LogP contribution in [0.2, 0.25) is 5.15 Å². The van der Waals surface area contributed by atoms with Gasteiger partial charge in [-0.05, 0) is 45.0 Å². The van der Waals surface area contributed by atoms with Gasteiger partial charge in [-0.2, -0.15) is 0 Å². The summed E-state index contributed by atoms with van der Waals surface area (Å²) < 4.78 is 0. The van der Waals surface area contributed by atoms with E-state index in [2.05, 4.69) is 22.1 Å². The van der Waals surface area contributed by atoms with E-state index in [4.69, 9.17) is 11.6 Å². The van der Waals surface area contributed by atoms with Crippen LogP contribution in [0.4, 0.5) is 5.69 Å². The summed E-state index contributed by atoms with van der Waals surface area (Å²) in [6.45, 7) is 5.71. The van der Waals surface area contributed by atoms with Crippen LogP contribution in [0.15, 0.2) is 18.3 Å². The molecule has 0 saturated carbocycles. The van der Waals surface area contributed by atoms with Gasteiger partial charge in [-0.3, -0.25) is 4.90 Å².